The molecule has 0 aliphatic rings. The van der Waals surface area contributed by atoms with Gasteiger partial charge >= 0.3 is 0 Å². The Bertz CT molecular complexity index is 1050. The lowest BCUT2D eigenvalue weighted by Crippen LogP contribution is -2.12. The van der Waals surface area contributed by atoms with Gasteiger partial charge in [-0.05, 0) is 42.3 Å². The Morgan fingerprint density at radius 2 is 1.81 bits per heavy atom. The van der Waals surface area contributed by atoms with Gasteiger partial charge < -0.3 is 19.5 Å². The van der Waals surface area contributed by atoms with Crippen LogP contribution in [0.25, 0.3) is 0 Å². The third-order valence-electron chi connectivity index (χ3n) is 4.22. The van der Waals surface area contributed by atoms with Crippen molar-refractivity contribution in [3.63, 3.8) is 0 Å². The van der Waals surface area contributed by atoms with Crippen molar-refractivity contribution in [2.45, 2.75) is 19.3 Å². The van der Waals surface area contributed by atoms with E-state index in [1.54, 1.807) is 32.4 Å². The second kappa shape index (κ2) is 11.2. The van der Waals surface area contributed by atoms with Gasteiger partial charge in [-0.1, -0.05) is 40.6 Å². The smallest absolute Gasteiger partial charge is 0.226 e. The third-order valence-corrected chi connectivity index (χ3v) is 5.59. The van der Waals surface area contributed by atoms with Gasteiger partial charge in [-0.15, -0.1) is 10.2 Å². The molecule has 1 amide bonds. The number of hydrogen-bond donors (Lipinski definition) is 1. The lowest BCUT2D eigenvalue weighted by Gasteiger charge is -2.08. The first-order chi connectivity index (χ1) is 15.0. The first kappa shape index (κ1) is 23.1. The summed E-state index contributed by atoms with van der Waals surface area (Å²) >= 11 is 13.2. The molecule has 0 bridgehead atoms. The van der Waals surface area contributed by atoms with Gasteiger partial charge in [0.25, 0.3) is 0 Å². The number of benzene rings is 2. The molecule has 0 aliphatic carbocycles. The second-order valence-corrected chi connectivity index (χ2v) is 8.35. The number of carbonyl (C=O) groups excluding carboxylic acids is 1. The summed E-state index contributed by atoms with van der Waals surface area (Å²) in [7, 11) is 3.19. The zero-order chi connectivity index (χ0) is 22.2. The topological polar surface area (TPSA) is 82.6 Å². The van der Waals surface area contributed by atoms with E-state index in [0.29, 0.717) is 51.9 Å². The molecule has 1 N–H and O–H groups in total. The molecule has 0 saturated carbocycles. The largest absolute Gasteiger partial charge is 0.493 e. The SMILES string of the molecule is COc1ccc(Cc2nnc(NC(=O)CCCOc3ccc(Cl)cc3Cl)s2)cc1OC. The summed E-state index contributed by atoms with van der Waals surface area (Å²) in [5.74, 6) is 1.70. The number of anilines is 1. The van der Waals surface area contributed by atoms with Crippen molar-refractivity contribution >= 4 is 45.6 Å². The number of methoxy groups -OCH3 is 2. The van der Waals surface area contributed by atoms with E-state index in [0.717, 1.165) is 10.6 Å². The van der Waals surface area contributed by atoms with Gasteiger partial charge in [0.05, 0.1) is 25.8 Å². The van der Waals surface area contributed by atoms with Gasteiger partial charge in [0.1, 0.15) is 10.8 Å². The maximum absolute atomic E-state index is 12.2. The summed E-state index contributed by atoms with van der Waals surface area (Å²) in [6, 6.07) is 10.7. The monoisotopic (exact) mass is 481 g/mol. The van der Waals surface area contributed by atoms with E-state index in [1.165, 1.54) is 11.3 Å². The van der Waals surface area contributed by atoms with Crippen LogP contribution in [-0.2, 0) is 11.2 Å². The van der Waals surface area contributed by atoms with Crippen LogP contribution in [-0.4, -0.2) is 36.9 Å². The van der Waals surface area contributed by atoms with Crippen molar-refractivity contribution in [1.82, 2.24) is 10.2 Å². The average Bonchev–Trinajstić information content (AvgIpc) is 3.18. The van der Waals surface area contributed by atoms with Gasteiger partial charge in [-0.2, -0.15) is 0 Å². The third kappa shape index (κ3) is 6.72. The highest BCUT2D eigenvalue weighted by Crippen LogP contribution is 2.29. The summed E-state index contributed by atoms with van der Waals surface area (Å²) in [6.07, 6.45) is 1.39. The van der Waals surface area contributed by atoms with Crippen LogP contribution in [0.2, 0.25) is 10.0 Å². The Kier molecular flexibility index (Phi) is 8.34. The molecule has 0 spiro atoms. The second-order valence-electron chi connectivity index (χ2n) is 6.44. The molecule has 0 radical (unpaired) electrons. The van der Waals surface area contributed by atoms with Crippen LogP contribution in [0.5, 0.6) is 17.2 Å². The minimum Gasteiger partial charge on any atom is -0.493 e. The molecule has 2 aromatic carbocycles. The Hall–Kier alpha value is -2.55. The highest BCUT2D eigenvalue weighted by molar-refractivity contribution is 7.15. The van der Waals surface area contributed by atoms with Gasteiger partial charge in [-0.3, -0.25) is 4.79 Å². The summed E-state index contributed by atoms with van der Waals surface area (Å²) in [4.78, 5) is 12.2. The normalized spacial score (nSPS) is 10.6. The molecule has 7 nitrogen and oxygen atoms in total. The summed E-state index contributed by atoms with van der Waals surface area (Å²) < 4.78 is 16.2. The van der Waals surface area contributed by atoms with Crippen molar-refractivity contribution in [2.75, 3.05) is 26.1 Å². The van der Waals surface area contributed by atoms with E-state index >= 15 is 0 Å². The molecule has 0 saturated heterocycles. The number of rotatable bonds is 10. The number of hydrogen-bond acceptors (Lipinski definition) is 7. The van der Waals surface area contributed by atoms with Crippen molar-refractivity contribution in [3.05, 3.63) is 57.0 Å². The molecule has 0 fully saturated rings. The minimum atomic E-state index is -0.153. The van der Waals surface area contributed by atoms with Crippen LogP contribution < -0.4 is 19.5 Å². The first-order valence-corrected chi connectivity index (χ1v) is 11.0. The van der Waals surface area contributed by atoms with Gasteiger partial charge in [0.15, 0.2) is 11.5 Å². The summed E-state index contributed by atoms with van der Waals surface area (Å²) in [6.45, 7) is 0.357. The van der Waals surface area contributed by atoms with Crippen LogP contribution in [0.4, 0.5) is 5.13 Å². The number of ether oxygens (including phenoxy) is 3. The molecule has 1 aromatic heterocycles. The molecule has 0 unspecified atom stereocenters. The molecule has 31 heavy (non-hydrogen) atoms. The fourth-order valence-electron chi connectivity index (χ4n) is 2.73. The van der Waals surface area contributed by atoms with E-state index in [2.05, 4.69) is 15.5 Å². The lowest BCUT2D eigenvalue weighted by molar-refractivity contribution is -0.116. The summed E-state index contributed by atoms with van der Waals surface area (Å²) in [5.41, 5.74) is 1.00. The Balaban J connectivity index is 1.45. The van der Waals surface area contributed by atoms with Crippen molar-refractivity contribution < 1.29 is 19.0 Å². The van der Waals surface area contributed by atoms with Crippen LogP contribution in [0.1, 0.15) is 23.4 Å². The quantitative estimate of drug-likeness (QED) is 0.398. The molecule has 164 valence electrons. The fourth-order valence-corrected chi connectivity index (χ4v) is 3.98. The van der Waals surface area contributed by atoms with E-state index in [1.807, 2.05) is 18.2 Å². The zero-order valence-corrected chi connectivity index (χ0v) is 19.3. The Morgan fingerprint density at radius 1 is 1.03 bits per heavy atom. The van der Waals surface area contributed by atoms with Crippen LogP contribution in [0.3, 0.4) is 0 Å². The predicted octanol–water partition coefficient (Wildman–Crippen LogP) is 5.25. The standard InChI is InChI=1S/C21H21Cl2N3O4S/c1-28-17-7-5-13(10-18(17)29-2)11-20-25-26-21(31-20)24-19(27)4-3-9-30-16-8-6-14(22)12-15(16)23/h5-8,10,12H,3-4,9,11H2,1-2H3,(H,24,26,27). The Morgan fingerprint density at radius 3 is 2.55 bits per heavy atom. The molecule has 3 aromatic rings. The van der Waals surface area contributed by atoms with Gasteiger partial charge in [0, 0.05) is 17.9 Å². The number of carbonyl (C=O) groups is 1. The van der Waals surface area contributed by atoms with Gasteiger partial charge in [-0.25, -0.2) is 0 Å². The molecular weight excluding hydrogens is 461 g/mol. The number of halogens is 2. The average molecular weight is 482 g/mol. The molecule has 0 aliphatic heterocycles. The number of nitrogens with zero attached hydrogens (tertiary/aromatic N) is 2. The molecule has 1 heterocycles. The Labute approximate surface area is 194 Å². The maximum Gasteiger partial charge on any atom is 0.226 e. The van der Waals surface area contributed by atoms with Gasteiger partial charge in [0.2, 0.25) is 11.0 Å². The van der Waals surface area contributed by atoms with Crippen LogP contribution >= 0.6 is 34.5 Å². The molecule has 0 atom stereocenters. The van der Waals surface area contributed by atoms with E-state index < -0.39 is 0 Å². The number of amides is 1. The van der Waals surface area contributed by atoms with E-state index in [-0.39, 0.29) is 12.3 Å². The molecule has 10 heteroatoms. The van der Waals surface area contributed by atoms with Crippen LogP contribution in [0.15, 0.2) is 36.4 Å². The number of aromatic nitrogens is 2. The van der Waals surface area contributed by atoms with E-state index in [9.17, 15) is 4.79 Å². The highest BCUT2D eigenvalue weighted by Gasteiger charge is 2.11. The molecular formula is C21H21Cl2N3O4S. The maximum atomic E-state index is 12.2. The lowest BCUT2D eigenvalue weighted by atomic mass is 10.1. The molecule has 3 rings (SSSR count). The van der Waals surface area contributed by atoms with Crippen molar-refractivity contribution in [2.24, 2.45) is 0 Å². The fraction of sp³-hybridized carbons (Fsp3) is 0.286. The summed E-state index contributed by atoms with van der Waals surface area (Å²) in [5, 5.41) is 13.2. The number of nitrogens with one attached hydrogen (secondary N) is 1. The van der Waals surface area contributed by atoms with E-state index in [4.69, 9.17) is 37.4 Å². The van der Waals surface area contributed by atoms with Crippen molar-refractivity contribution in [3.8, 4) is 17.2 Å². The van der Waals surface area contributed by atoms with Crippen molar-refractivity contribution in [1.29, 1.82) is 0 Å². The highest BCUT2D eigenvalue weighted by atomic mass is 35.5. The van der Waals surface area contributed by atoms with Crippen LogP contribution in [0, 0.1) is 0 Å². The first-order valence-electron chi connectivity index (χ1n) is 9.39. The zero-order valence-electron chi connectivity index (χ0n) is 17.0. The predicted molar refractivity (Wildman–Crippen MR) is 122 cm³/mol. The minimum absolute atomic E-state index is 0.153.